The largest absolute Gasteiger partial charge is 0.461 e. The summed E-state index contributed by atoms with van der Waals surface area (Å²) in [6.07, 6.45) is 2.85. The van der Waals surface area contributed by atoms with Crippen molar-refractivity contribution in [1.29, 1.82) is 0 Å². The topological polar surface area (TPSA) is 55.4 Å². The van der Waals surface area contributed by atoms with Crippen molar-refractivity contribution in [1.82, 2.24) is 5.32 Å². The van der Waals surface area contributed by atoms with Crippen molar-refractivity contribution < 1.29 is 14.3 Å². The van der Waals surface area contributed by atoms with Gasteiger partial charge in [0.15, 0.2) is 0 Å². The molecule has 1 saturated carbocycles. The molecule has 3 rings (SSSR count). The molecule has 160 valence electrons. The monoisotopic (exact) mass is 407 g/mol. The van der Waals surface area contributed by atoms with Gasteiger partial charge in [-0.15, -0.1) is 0 Å². The Hall–Kier alpha value is -2.62. The summed E-state index contributed by atoms with van der Waals surface area (Å²) >= 11 is 0. The number of carbonyl (C=O) groups excluding carboxylic acids is 2. The third-order valence-electron chi connectivity index (χ3n) is 6.50. The predicted octanol–water partition coefficient (Wildman–Crippen LogP) is 5.13. The lowest BCUT2D eigenvalue weighted by molar-refractivity contribution is -0.158. The summed E-state index contributed by atoms with van der Waals surface area (Å²) in [6.45, 7) is 8.38. The number of ether oxygens (including phenoxy) is 1. The van der Waals surface area contributed by atoms with Gasteiger partial charge in [-0.25, -0.2) is 4.79 Å². The smallest absolute Gasteiger partial charge is 0.328 e. The fraction of sp³-hybridized carbons (Fsp3) is 0.462. The van der Waals surface area contributed by atoms with E-state index in [1.165, 1.54) is 5.56 Å². The van der Waals surface area contributed by atoms with E-state index < -0.39 is 6.04 Å². The van der Waals surface area contributed by atoms with Crippen LogP contribution in [0.25, 0.3) is 0 Å². The zero-order valence-electron chi connectivity index (χ0n) is 18.4. The second-order valence-electron chi connectivity index (χ2n) is 9.15. The maximum absolute atomic E-state index is 12.9. The van der Waals surface area contributed by atoms with Gasteiger partial charge in [0.2, 0.25) is 0 Å². The highest BCUT2D eigenvalue weighted by atomic mass is 16.5. The summed E-state index contributed by atoms with van der Waals surface area (Å²) in [7, 11) is 0. The molecule has 0 aromatic heterocycles. The highest BCUT2D eigenvalue weighted by Gasteiger charge is 2.42. The zero-order valence-corrected chi connectivity index (χ0v) is 18.4. The van der Waals surface area contributed by atoms with Crippen molar-refractivity contribution in [2.24, 2.45) is 11.8 Å². The van der Waals surface area contributed by atoms with E-state index in [0.29, 0.717) is 11.5 Å². The molecule has 0 saturated heterocycles. The fourth-order valence-corrected chi connectivity index (χ4v) is 4.55. The highest BCUT2D eigenvalue weighted by molar-refractivity contribution is 5.96. The van der Waals surface area contributed by atoms with E-state index >= 15 is 0 Å². The molecule has 1 aliphatic carbocycles. The summed E-state index contributed by atoms with van der Waals surface area (Å²) in [5.74, 6) is 0.113. The summed E-state index contributed by atoms with van der Waals surface area (Å²) in [5.41, 5.74) is 1.69. The molecule has 30 heavy (non-hydrogen) atoms. The number of benzene rings is 2. The molecule has 0 radical (unpaired) electrons. The van der Waals surface area contributed by atoms with Crippen molar-refractivity contribution in [3.63, 3.8) is 0 Å². The minimum Gasteiger partial charge on any atom is -0.461 e. The number of esters is 1. The molecular formula is C26H33NO3. The molecule has 0 bridgehead atoms. The van der Waals surface area contributed by atoms with E-state index in [4.69, 9.17) is 4.74 Å². The molecule has 1 amide bonds. The van der Waals surface area contributed by atoms with Crippen molar-refractivity contribution in [3.05, 3.63) is 71.8 Å². The molecule has 0 aliphatic heterocycles. The Balaban J connectivity index is 1.70. The zero-order chi connectivity index (χ0) is 21.7. The van der Waals surface area contributed by atoms with Crippen LogP contribution in [0.5, 0.6) is 0 Å². The number of hydrogen-bond donors (Lipinski definition) is 1. The van der Waals surface area contributed by atoms with Crippen LogP contribution in [0.15, 0.2) is 60.7 Å². The van der Waals surface area contributed by atoms with E-state index in [0.717, 1.165) is 19.3 Å². The maximum Gasteiger partial charge on any atom is 0.328 e. The van der Waals surface area contributed by atoms with Gasteiger partial charge < -0.3 is 10.1 Å². The van der Waals surface area contributed by atoms with Crippen LogP contribution >= 0.6 is 0 Å². The Labute approximate surface area is 180 Å². The quantitative estimate of drug-likeness (QED) is 0.675. The van der Waals surface area contributed by atoms with Gasteiger partial charge in [-0.1, -0.05) is 75.7 Å². The van der Waals surface area contributed by atoms with Crippen LogP contribution in [0.4, 0.5) is 0 Å². The summed E-state index contributed by atoms with van der Waals surface area (Å²) in [5, 5.41) is 2.77. The number of nitrogens with one attached hydrogen (secondary N) is 1. The number of hydrogen-bond acceptors (Lipinski definition) is 3. The lowest BCUT2D eigenvalue weighted by atomic mass is 9.64. The Bertz CT molecular complexity index is 847. The van der Waals surface area contributed by atoms with Gasteiger partial charge in [0.25, 0.3) is 5.91 Å². The van der Waals surface area contributed by atoms with Gasteiger partial charge in [0, 0.05) is 11.5 Å². The number of amides is 1. The number of rotatable bonds is 6. The van der Waals surface area contributed by atoms with Crippen LogP contribution in [-0.2, 0) is 14.9 Å². The molecule has 2 aromatic rings. The molecule has 4 nitrogen and oxygen atoms in total. The standard InChI is InChI=1S/C26H33NO3/c1-18-15-16-22(26(3,4)21-13-9-6-10-14-21)23(17-18)30-25(29)19(2)27-24(28)20-11-7-5-8-12-20/h5-14,18-19,22-23H,15-17H2,1-4H3,(H,27,28)/t18-,19?,22-,23-/m1/s1. The molecule has 0 heterocycles. The van der Waals surface area contributed by atoms with E-state index in [9.17, 15) is 9.59 Å². The van der Waals surface area contributed by atoms with Gasteiger partial charge in [-0.05, 0) is 48.8 Å². The van der Waals surface area contributed by atoms with Crippen molar-refractivity contribution in [3.8, 4) is 0 Å². The number of carbonyl (C=O) groups is 2. The molecule has 4 heteroatoms. The van der Waals surface area contributed by atoms with E-state index in [1.807, 2.05) is 12.1 Å². The average Bonchev–Trinajstić information content (AvgIpc) is 2.74. The normalized spacial score (nSPS) is 22.7. The molecule has 4 atom stereocenters. The van der Waals surface area contributed by atoms with Gasteiger partial charge in [-0.3, -0.25) is 4.79 Å². The SMILES string of the molecule is CC(NC(=O)c1ccccc1)C(=O)O[C@@H]1C[C@H](C)CC[C@H]1C(C)(C)c1ccccc1. The van der Waals surface area contributed by atoms with Crippen LogP contribution in [-0.4, -0.2) is 24.0 Å². The van der Waals surface area contributed by atoms with Gasteiger partial charge in [0.1, 0.15) is 12.1 Å². The fourth-order valence-electron chi connectivity index (χ4n) is 4.55. The maximum atomic E-state index is 12.9. The van der Waals surface area contributed by atoms with Crippen molar-refractivity contribution in [2.75, 3.05) is 0 Å². The Morgan fingerprint density at radius 2 is 1.60 bits per heavy atom. The van der Waals surface area contributed by atoms with Crippen LogP contribution in [0.1, 0.15) is 62.9 Å². The minimum absolute atomic E-state index is 0.108. The lowest BCUT2D eigenvalue weighted by Crippen LogP contribution is -2.47. The third kappa shape index (κ3) is 5.10. The van der Waals surface area contributed by atoms with E-state index in [2.05, 4.69) is 50.4 Å². The van der Waals surface area contributed by atoms with E-state index in [-0.39, 0.29) is 29.3 Å². The lowest BCUT2D eigenvalue weighted by Gasteiger charge is -2.44. The Morgan fingerprint density at radius 1 is 1.00 bits per heavy atom. The van der Waals surface area contributed by atoms with Crippen LogP contribution in [0.2, 0.25) is 0 Å². The van der Waals surface area contributed by atoms with Crippen LogP contribution in [0.3, 0.4) is 0 Å². The predicted molar refractivity (Wildman–Crippen MR) is 119 cm³/mol. The summed E-state index contributed by atoms with van der Waals surface area (Å²) in [6, 6.07) is 18.7. The van der Waals surface area contributed by atoms with Gasteiger partial charge in [-0.2, -0.15) is 0 Å². The summed E-state index contributed by atoms with van der Waals surface area (Å²) in [4.78, 5) is 25.3. The third-order valence-corrected chi connectivity index (χ3v) is 6.50. The Morgan fingerprint density at radius 3 is 2.23 bits per heavy atom. The molecule has 1 fully saturated rings. The second kappa shape index (κ2) is 9.46. The van der Waals surface area contributed by atoms with Gasteiger partial charge in [0.05, 0.1) is 0 Å². The minimum atomic E-state index is -0.699. The van der Waals surface area contributed by atoms with Crippen LogP contribution < -0.4 is 5.32 Å². The van der Waals surface area contributed by atoms with Crippen molar-refractivity contribution in [2.45, 2.75) is 64.5 Å². The highest BCUT2D eigenvalue weighted by Crippen LogP contribution is 2.43. The second-order valence-corrected chi connectivity index (χ2v) is 9.15. The Kier molecular flexibility index (Phi) is 6.96. The molecule has 2 aromatic carbocycles. The molecule has 1 unspecified atom stereocenters. The first-order chi connectivity index (χ1) is 14.3. The van der Waals surface area contributed by atoms with Crippen LogP contribution in [0, 0.1) is 11.8 Å². The first-order valence-corrected chi connectivity index (χ1v) is 10.9. The molecule has 0 spiro atoms. The average molecular weight is 408 g/mol. The molecule has 1 aliphatic rings. The van der Waals surface area contributed by atoms with E-state index in [1.54, 1.807) is 31.2 Å². The molecular weight excluding hydrogens is 374 g/mol. The summed E-state index contributed by atoms with van der Waals surface area (Å²) < 4.78 is 6.03. The van der Waals surface area contributed by atoms with Gasteiger partial charge >= 0.3 is 5.97 Å². The first-order valence-electron chi connectivity index (χ1n) is 10.9. The van der Waals surface area contributed by atoms with Crippen molar-refractivity contribution >= 4 is 11.9 Å². The first kappa shape index (κ1) is 22.1. The molecule has 1 N–H and O–H groups in total.